The van der Waals surface area contributed by atoms with Crippen LogP contribution in [0.2, 0.25) is 0 Å². The van der Waals surface area contributed by atoms with Gasteiger partial charge in [-0.3, -0.25) is 14.6 Å². The number of carbonyl (C=O) groups excluding carboxylic acids is 1. The first-order chi connectivity index (χ1) is 16.7. The molecular formula is C24H28N6O4S. The number of nitrogens with one attached hydrogen (secondary N) is 2. The first kappa shape index (κ1) is 23.4. The number of benzene rings is 1. The van der Waals surface area contributed by atoms with Crippen LogP contribution in [-0.2, 0) is 10.0 Å². The first-order valence-electron chi connectivity index (χ1n) is 11.9. The third-order valence-corrected chi connectivity index (χ3v) is 8.24. The molecule has 1 aliphatic heterocycles. The Balaban J connectivity index is 1.42. The molecule has 0 atom stereocenters. The Morgan fingerprint density at radius 2 is 1.80 bits per heavy atom. The highest BCUT2D eigenvalue weighted by molar-refractivity contribution is 7.89. The summed E-state index contributed by atoms with van der Waals surface area (Å²) in [6, 6.07) is 9.17. The number of aromatic nitrogens is 4. The molecule has 1 saturated carbocycles. The minimum atomic E-state index is -3.55. The second-order valence-electron chi connectivity index (χ2n) is 9.38. The summed E-state index contributed by atoms with van der Waals surface area (Å²) in [5.41, 5.74) is 1.46. The molecule has 1 aromatic carbocycles. The third-order valence-electron chi connectivity index (χ3n) is 6.33. The van der Waals surface area contributed by atoms with Gasteiger partial charge in [0.15, 0.2) is 0 Å². The zero-order chi connectivity index (χ0) is 24.7. The molecule has 1 aliphatic carbocycles. The number of rotatable bonds is 7. The van der Waals surface area contributed by atoms with Crippen LogP contribution >= 0.6 is 0 Å². The Labute approximate surface area is 203 Å². The van der Waals surface area contributed by atoms with Crippen molar-refractivity contribution in [3.8, 4) is 5.95 Å². The lowest BCUT2D eigenvalue weighted by Gasteiger charge is -2.15. The molecule has 11 heteroatoms. The van der Waals surface area contributed by atoms with Crippen molar-refractivity contribution < 1.29 is 13.2 Å². The summed E-state index contributed by atoms with van der Waals surface area (Å²) >= 11 is 0. The number of sulfonamides is 1. The molecule has 3 heterocycles. The molecule has 5 rings (SSSR count). The first-order valence-corrected chi connectivity index (χ1v) is 13.3. The SMILES string of the molecule is CC(C)c1cc(=O)[nH]c(-n2nc(C3CC3)cc2NC(=O)c2ccc(S(=O)(=O)N3CCCC3)cc2)n1. The maximum Gasteiger partial charge on any atom is 0.256 e. The molecule has 2 aromatic heterocycles. The van der Waals surface area contributed by atoms with Gasteiger partial charge in [-0.1, -0.05) is 13.8 Å². The smallest absolute Gasteiger partial charge is 0.256 e. The molecule has 184 valence electrons. The number of aromatic amines is 1. The second kappa shape index (κ2) is 9.04. The van der Waals surface area contributed by atoms with Gasteiger partial charge < -0.3 is 5.32 Å². The molecule has 3 aromatic rings. The molecule has 0 spiro atoms. The van der Waals surface area contributed by atoms with Gasteiger partial charge in [0.05, 0.1) is 16.3 Å². The van der Waals surface area contributed by atoms with Crippen LogP contribution in [0, 0.1) is 0 Å². The van der Waals surface area contributed by atoms with E-state index in [1.165, 1.54) is 39.3 Å². The number of amides is 1. The van der Waals surface area contributed by atoms with Crippen LogP contribution in [0.25, 0.3) is 5.95 Å². The monoisotopic (exact) mass is 496 g/mol. The summed E-state index contributed by atoms with van der Waals surface area (Å²) in [7, 11) is -3.55. The molecular weight excluding hydrogens is 468 g/mol. The van der Waals surface area contributed by atoms with Gasteiger partial charge in [-0.05, 0) is 55.9 Å². The van der Waals surface area contributed by atoms with Crippen molar-refractivity contribution in [2.24, 2.45) is 0 Å². The number of hydrogen-bond acceptors (Lipinski definition) is 6. The largest absolute Gasteiger partial charge is 0.306 e. The summed E-state index contributed by atoms with van der Waals surface area (Å²) in [6.07, 6.45) is 3.76. The molecule has 2 aliphatic rings. The minimum absolute atomic E-state index is 0.0444. The van der Waals surface area contributed by atoms with Crippen molar-refractivity contribution in [1.82, 2.24) is 24.1 Å². The van der Waals surface area contributed by atoms with Crippen molar-refractivity contribution in [3.05, 3.63) is 63.7 Å². The maximum absolute atomic E-state index is 13.0. The average Bonchev–Trinajstić information content (AvgIpc) is 3.35. The predicted molar refractivity (Wildman–Crippen MR) is 130 cm³/mol. The molecule has 1 saturated heterocycles. The van der Waals surface area contributed by atoms with E-state index in [0.29, 0.717) is 36.1 Å². The predicted octanol–water partition coefficient (Wildman–Crippen LogP) is 2.99. The van der Waals surface area contributed by atoms with Gasteiger partial charge in [-0.15, -0.1) is 0 Å². The van der Waals surface area contributed by atoms with E-state index < -0.39 is 15.9 Å². The van der Waals surface area contributed by atoms with Gasteiger partial charge >= 0.3 is 0 Å². The van der Waals surface area contributed by atoms with Gasteiger partial charge in [0.2, 0.25) is 16.0 Å². The van der Waals surface area contributed by atoms with Gasteiger partial charge in [0, 0.05) is 36.7 Å². The Morgan fingerprint density at radius 1 is 1.11 bits per heavy atom. The lowest BCUT2D eigenvalue weighted by atomic mass is 10.1. The standard InChI is InChI=1S/C24H28N6O4S/c1-15(2)19-14-22(31)27-24(25-19)30-21(13-20(28-30)16-5-6-16)26-23(32)17-7-9-18(10-8-17)35(33,34)29-11-3-4-12-29/h7-10,13-16H,3-6,11-12H2,1-2H3,(H,26,32)(H,25,27,31). The number of H-pyrrole nitrogens is 1. The summed E-state index contributed by atoms with van der Waals surface area (Å²) in [5, 5.41) is 7.46. The second-order valence-corrected chi connectivity index (χ2v) is 11.3. The van der Waals surface area contributed by atoms with Crippen LogP contribution in [-0.4, -0.2) is 51.5 Å². The molecule has 35 heavy (non-hydrogen) atoms. The lowest BCUT2D eigenvalue weighted by molar-refractivity contribution is 0.102. The fraction of sp³-hybridized carbons (Fsp3) is 0.417. The Kier molecular flexibility index (Phi) is 6.06. The van der Waals surface area contributed by atoms with Gasteiger partial charge in [0.1, 0.15) is 5.82 Å². The van der Waals surface area contributed by atoms with E-state index in [2.05, 4.69) is 20.4 Å². The molecule has 2 N–H and O–H groups in total. The maximum atomic E-state index is 13.0. The number of anilines is 1. The van der Waals surface area contributed by atoms with E-state index in [-0.39, 0.29) is 22.3 Å². The van der Waals surface area contributed by atoms with Crippen LogP contribution in [0.5, 0.6) is 0 Å². The Hall–Kier alpha value is -3.31. The highest BCUT2D eigenvalue weighted by atomic mass is 32.2. The number of nitrogens with zero attached hydrogens (tertiary/aromatic N) is 4. The van der Waals surface area contributed by atoms with Gasteiger partial charge in [-0.2, -0.15) is 14.1 Å². The van der Waals surface area contributed by atoms with Crippen molar-refractivity contribution in [2.45, 2.75) is 56.3 Å². The van der Waals surface area contributed by atoms with Crippen LogP contribution in [0.4, 0.5) is 5.82 Å². The Morgan fingerprint density at radius 3 is 2.43 bits per heavy atom. The summed E-state index contributed by atoms with van der Waals surface area (Å²) in [5.74, 6) is 0.566. The highest BCUT2D eigenvalue weighted by Crippen LogP contribution is 2.40. The van der Waals surface area contributed by atoms with Crippen molar-refractivity contribution in [3.63, 3.8) is 0 Å². The normalized spacial score (nSPS) is 16.7. The van der Waals surface area contributed by atoms with Crippen LogP contribution in [0.1, 0.15) is 73.1 Å². The highest BCUT2D eigenvalue weighted by Gasteiger charge is 2.29. The summed E-state index contributed by atoms with van der Waals surface area (Å²) in [4.78, 5) is 32.7. The van der Waals surface area contributed by atoms with Crippen LogP contribution < -0.4 is 10.9 Å². The fourth-order valence-corrected chi connectivity index (χ4v) is 5.65. The lowest BCUT2D eigenvalue weighted by Crippen LogP contribution is -2.27. The summed E-state index contributed by atoms with van der Waals surface area (Å²) < 4.78 is 28.4. The molecule has 2 fully saturated rings. The Bertz CT molecular complexity index is 1410. The summed E-state index contributed by atoms with van der Waals surface area (Å²) in [6.45, 7) is 4.93. The van der Waals surface area contributed by atoms with Crippen LogP contribution in [0.3, 0.4) is 0 Å². The van der Waals surface area contributed by atoms with Gasteiger partial charge in [-0.25, -0.2) is 13.4 Å². The molecule has 0 bridgehead atoms. The van der Waals surface area contributed by atoms with E-state index in [4.69, 9.17) is 0 Å². The molecule has 0 unspecified atom stereocenters. The minimum Gasteiger partial charge on any atom is -0.306 e. The van der Waals surface area contributed by atoms with Crippen molar-refractivity contribution in [2.75, 3.05) is 18.4 Å². The van der Waals surface area contributed by atoms with Crippen LogP contribution in [0.15, 0.2) is 46.1 Å². The van der Waals surface area contributed by atoms with Crippen molar-refractivity contribution in [1.29, 1.82) is 0 Å². The molecule has 0 radical (unpaired) electrons. The topological polar surface area (TPSA) is 130 Å². The fourth-order valence-electron chi connectivity index (χ4n) is 4.13. The number of hydrogen-bond donors (Lipinski definition) is 2. The van der Waals surface area contributed by atoms with E-state index >= 15 is 0 Å². The van der Waals surface area contributed by atoms with E-state index in [9.17, 15) is 18.0 Å². The zero-order valence-electron chi connectivity index (χ0n) is 19.7. The van der Waals surface area contributed by atoms with Crippen molar-refractivity contribution >= 4 is 21.7 Å². The third kappa shape index (κ3) is 4.78. The molecule has 10 nitrogen and oxygen atoms in total. The number of carbonyl (C=O) groups is 1. The van der Waals surface area contributed by atoms with E-state index in [1.54, 1.807) is 6.07 Å². The average molecular weight is 497 g/mol. The van der Waals surface area contributed by atoms with E-state index in [1.807, 2.05) is 13.8 Å². The van der Waals surface area contributed by atoms with Gasteiger partial charge in [0.25, 0.3) is 11.5 Å². The zero-order valence-corrected chi connectivity index (χ0v) is 20.5. The molecule has 1 amide bonds. The quantitative estimate of drug-likeness (QED) is 0.517. The van der Waals surface area contributed by atoms with E-state index in [0.717, 1.165) is 31.4 Å².